The van der Waals surface area contributed by atoms with Crippen LogP contribution in [-0.2, 0) is 28.7 Å². The van der Waals surface area contributed by atoms with E-state index in [1.165, 1.54) is 38.9 Å². The van der Waals surface area contributed by atoms with Gasteiger partial charge < -0.3 is 45.9 Å². The van der Waals surface area contributed by atoms with Crippen LogP contribution in [-0.4, -0.2) is 0 Å². The average molecular weight is 853 g/mol. The molecule has 0 fully saturated rings. The van der Waals surface area contributed by atoms with Crippen LogP contribution in [0.3, 0.4) is 0 Å². The van der Waals surface area contributed by atoms with Crippen molar-refractivity contribution in [3.8, 4) is 0 Å². The molecule has 62 heavy (non-hydrogen) atoms. The minimum absolute atomic E-state index is 0.123. The largest absolute Gasteiger partial charge is 0.326 e. The van der Waals surface area contributed by atoms with Gasteiger partial charge in [0.2, 0.25) is 0 Å². The maximum Gasteiger partial charge on any atom is 0.0404 e. The first-order valence-electron chi connectivity index (χ1n) is 23.9. The normalized spacial score (nSPS) is 13.3. The molecule has 0 radical (unpaired) electrons. The van der Waals surface area contributed by atoms with Gasteiger partial charge in [0.25, 0.3) is 0 Å². The number of hydrogen-bond acceptors (Lipinski definition) is 8. The van der Waals surface area contributed by atoms with E-state index in [-0.39, 0.29) is 40.3 Å². The van der Waals surface area contributed by atoms with Gasteiger partial charge in [-0.05, 0) is 115 Å². The van der Waals surface area contributed by atoms with Crippen molar-refractivity contribution in [3.63, 3.8) is 0 Å². The molecule has 16 N–H and O–H groups in total. The van der Waals surface area contributed by atoms with Crippen molar-refractivity contribution in [2.45, 2.75) is 194 Å². The molecule has 8 nitrogen and oxygen atoms in total. The summed E-state index contributed by atoms with van der Waals surface area (Å²) in [4.78, 5) is 0. The molecular formula is C54H92N8. The van der Waals surface area contributed by atoms with Gasteiger partial charge in [-0.15, -0.1) is 0 Å². The van der Waals surface area contributed by atoms with E-state index >= 15 is 0 Å². The molecule has 0 bridgehead atoms. The Hall–Kier alpha value is -3.44. The lowest BCUT2D eigenvalue weighted by Crippen LogP contribution is -2.38. The molecule has 0 aliphatic carbocycles. The first-order valence-corrected chi connectivity index (χ1v) is 23.9. The first-order chi connectivity index (χ1) is 29.4. The Kier molecular flexibility index (Phi) is 25.3. The Labute approximate surface area is 379 Å². The monoisotopic (exact) mass is 853 g/mol. The molecule has 348 valence electrons. The summed E-state index contributed by atoms with van der Waals surface area (Å²) in [7, 11) is 0. The third kappa shape index (κ3) is 16.0. The molecule has 4 aromatic carbocycles. The van der Waals surface area contributed by atoms with Crippen LogP contribution >= 0.6 is 0 Å². The summed E-state index contributed by atoms with van der Waals surface area (Å²) in [6.07, 6.45) is 10.5. The van der Waals surface area contributed by atoms with Crippen molar-refractivity contribution in [3.05, 3.63) is 142 Å². The average Bonchev–Trinajstić information content (AvgIpc) is 3.35. The second kappa shape index (κ2) is 27.7. The summed E-state index contributed by atoms with van der Waals surface area (Å²) < 4.78 is 0. The predicted molar refractivity (Wildman–Crippen MR) is 271 cm³/mol. The standard InChI is InChI=1S/C16H28N2.C14H24N2.2C12H20N2/c1-5-15(17,6-2)13-10-9-11-14(12-13)16(18,7-3)8-4;1-4-13(15)11-8-7-9-12(10-11)14(16,5-2)6-3;1-3-12(14,4-2)11-7-5-6-10(8-11)9-13;1-3-11(13)9-6-5-7-10(8-9)12(14)4-2/h9-12H,5-8,17-18H2,1-4H3;7-10,13H,4-6,15-16H2,1-3H3;5-8H,3-4,9,13-14H2,1-2H3;5-8,11-12H,3-4,13-14H2,1-2H3. The minimum Gasteiger partial charge on any atom is -0.326 e. The van der Waals surface area contributed by atoms with Crippen molar-refractivity contribution in [2.75, 3.05) is 0 Å². The fourth-order valence-corrected chi connectivity index (χ4v) is 7.59. The van der Waals surface area contributed by atoms with E-state index in [0.29, 0.717) is 6.54 Å². The Balaban J connectivity index is 0.000000415. The van der Waals surface area contributed by atoms with Gasteiger partial charge in [-0.2, -0.15) is 0 Å². The summed E-state index contributed by atoms with van der Waals surface area (Å²) in [5, 5.41) is 0. The Bertz CT molecular complexity index is 1750. The molecule has 4 rings (SSSR count). The molecule has 0 heterocycles. The van der Waals surface area contributed by atoms with Gasteiger partial charge >= 0.3 is 0 Å². The maximum absolute atomic E-state index is 6.47. The van der Waals surface area contributed by atoms with Gasteiger partial charge in [0.05, 0.1) is 0 Å². The highest BCUT2D eigenvalue weighted by atomic mass is 14.8. The molecule has 3 atom stereocenters. The van der Waals surface area contributed by atoms with Crippen molar-refractivity contribution < 1.29 is 0 Å². The second-order valence-electron chi connectivity index (χ2n) is 17.3. The van der Waals surface area contributed by atoms with Crippen LogP contribution in [0.5, 0.6) is 0 Å². The van der Waals surface area contributed by atoms with E-state index in [1.54, 1.807) is 0 Å². The Morgan fingerprint density at radius 2 is 0.613 bits per heavy atom. The Morgan fingerprint density at radius 1 is 0.355 bits per heavy atom. The van der Waals surface area contributed by atoms with Crippen LogP contribution in [0.2, 0.25) is 0 Å². The molecule has 8 heteroatoms. The molecule has 0 aliphatic rings. The molecule has 0 saturated carbocycles. The maximum atomic E-state index is 6.47. The van der Waals surface area contributed by atoms with E-state index in [9.17, 15) is 0 Å². The molecule has 0 amide bonds. The lowest BCUT2D eigenvalue weighted by Gasteiger charge is -2.32. The highest BCUT2D eigenvalue weighted by molar-refractivity contribution is 5.34. The summed E-state index contributed by atoms with van der Waals surface area (Å²) in [5.41, 5.74) is 57.9. The van der Waals surface area contributed by atoms with Gasteiger partial charge in [0.1, 0.15) is 0 Å². The van der Waals surface area contributed by atoms with Crippen molar-refractivity contribution in [1.82, 2.24) is 0 Å². The SMILES string of the molecule is CCC(N)(CC)c1cccc(C(N)(CC)CC)c1.CCC(N)(CC)c1cccc(CN)c1.CCC(N)c1cccc(C(N)(CC)CC)c1.CCC(N)c1cccc(C(N)CC)c1. The van der Waals surface area contributed by atoms with Crippen LogP contribution in [0.4, 0.5) is 0 Å². The predicted octanol–water partition coefficient (Wildman–Crippen LogP) is 11.3. The highest BCUT2D eigenvalue weighted by Gasteiger charge is 2.28. The fraction of sp³-hybridized carbons (Fsp3) is 0.556. The van der Waals surface area contributed by atoms with Crippen molar-refractivity contribution in [2.24, 2.45) is 45.9 Å². The van der Waals surface area contributed by atoms with Gasteiger partial charge in [-0.3, -0.25) is 0 Å². The van der Waals surface area contributed by atoms with E-state index in [2.05, 4.69) is 155 Å². The highest BCUT2D eigenvalue weighted by Crippen LogP contribution is 2.32. The molecule has 4 aromatic rings. The topological polar surface area (TPSA) is 208 Å². The quantitative estimate of drug-likeness (QED) is 0.0454. The van der Waals surface area contributed by atoms with E-state index in [4.69, 9.17) is 45.9 Å². The van der Waals surface area contributed by atoms with Crippen molar-refractivity contribution >= 4 is 0 Å². The van der Waals surface area contributed by atoms with Crippen LogP contribution in [0.15, 0.2) is 97.1 Å². The summed E-state index contributed by atoms with van der Waals surface area (Å²) in [6.45, 7) is 24.0. The molecule has 0 aromatic heterocycles. The molecule has 0 saturated heterocycles. The lowest BCUT2D eigenvalue weighted by molar-refractivity contribution is 0.398. The number of rotatable bonds is 19. The van der Waals surface area contributed by atoms with Gasteiger partial charge in [-0.1, -0.05) is 173 Å². The van der Waals surface area contributed by atoms with Gasteiger partial charge in [0.15, 0.2) is 0 Å². The molecule has 0 spiro atoms. The van der Waals surface area contributed by atoms with E-state index in [0.717, 1.165) is 76.2 Å². The zero-order valence-electron chi connectivity index (χ0n) is 41.1. The van der Waals surface area contributed by atoms with Gasteiger partial charge in [-0.25, -0.2) is 0 Å². The third-order valence-electron chi connectivity index (χ3n) is 13.8. The van der Waals surface area contributed by atoms with Crippen LogP contribution in [0, 0.1) is 0 Å². The summed E-state index contributed by atoms with van der Waals surface area (Å²) >= 11 is 0. The number of hydrogen-bond donors (Lipinski definition) is 8. The molecule has 0 aliphatic heterocycles. The number of nitrogens with two attached hydrogens (primary N) is 8. The van der Waals surface area contributed by atoms with Crippen LogP contribution < -0.4 is 45.9 Å². The fourth-order valence-electron chi connectivity index (χ4n) is 7.59. The third-order valence-corrected chi connectivity index (χ3v) is 13.8. The van der Waals surface area contributed by atoms with E-state index in [1.807, 2.05) is 18.2 Å². The Morgan fingerprint density at radius 3 is 0.919 bits per heavy atom. The minimum atomic E-state index is -0.224. The van der Waals surface area contributed by atoms with Crippen LogP contribution in [0.25, 0.3) is 0 Å². The number of benzene rings is 4. The molecule has 3 unspecified atom stereocenters. The van der Waals surface area contributed by atoms with E-state index < -0.39 is 0 Å². The van der Waals surface area contributed by atoms with Gasteiger partial charge in [0, 0.05) is 46.8 Å². The first kappa shape index (κ1) is 56.6. The smallest absolute Gasteiger partial charge is 0.0404 e. The second-order valence-corrected chi connectivity index (χ2v) is 17.3. The van der Waals surface area contributed by atoms with Crippen LogP contribution in [0.1, 0.15) is 209 Å². The lowest BCUT2D eigenvalue weighted by atomic mass is 9.80. The summed E-state index contributed by atoms with van der Waals surface area (Å²) in [6, 6.07) is 34.0. The zero-order chi connectivity index (χ0) is 47.1. The molecular weight excluding hydrogens is 761 g/mol. The van der Waals surface area contributed by atoms with Crippen molar-refractivity contribution in [1.29, 1.82) is 0 Å². The zero-order valence-corrected chi connectivity index (χ0v) is 41.1. The summed E-state index contributed by atoms with van der Waals surface area (Å²) in [5.74, 6) is 0.